The molecule has 0 heterocycles. The lowest BCUT2D eigenvalue weighted by Crippen LogP contribution is -2.18. The van der Waals surface area contributed by atoms with Gasteiger partial charge in [0.15, 0.2) is 0 Å². The van der Waals surface area contributed by atoms with Gasteiger partial charge in [0.05, 0.1) is 5.89 Å². The van der Waals surface area contributed by atoms with E-state index in [0.717, 1.165) is 0 Å². The average Bonchev–Trinajstić information content (AvgIpc) is 2.41. The Balaban J connectivity index is 2.18. The molecule has 17 heavy (non-hydrogen) atoms. The van der Waals surface area contributed by atoms with Crippen LogP contribution in [0.1, 0.15) is 19.8 Å². The first-order chi connectivity index (χ1) is 8.60. The van der Waals surface area contributed by atoms with Crippen LogP contribution in [-0.4, -0.2) is 5.91 Å². The minimum absolute atomic E-state index is 0.333. The SMILES string of the molecule is [2H]C(C)(C(=O)Nc1ccccc1)c1ccccc1. The molecule has 2 heteroatoms. The number of para-hydroxylation sites is 1. The zero-order valence-electron chi connectivity index (χ0n) is 10.7. The van der Waals surface area contributed by atoms with Gasteiger partial charge in [-0.15, -0.1) is 0 Å². The average molecular weight is 226 g/mol. The van der Waals surface area contributed by atoms with Crippen LogP contribution in [-0.2, 0) is 4.79 Å². The summed E-state index contributed by atoms with van der Waals surface area (Å²) in [7, 11) is 0. The molecule has 0 saturated heterocycles. The lowest BCUT2D eigenvalue weighted by Gasteiger charge is -2.12. The Morgan fingerprint density at radius 2 is 1.59 bits per heavy atom. The van der Waals surface area contributed by atoms with E-state index < -0.39 is 5.89 Å². The molecule has 0 aliphatic heterocycles. The van der Waals surface area contributed by atoms with E-state index in [1.54, 1.807) is 31.2 Å². The largest absolute Gasteiger partial charge is 0.326 e. The first-order valence-corrected chi connectivity index (χ1v) is 5.53. The molecule has 0 aromatic heterocycles. The maximum Gasteiger partial charge on any atom is 0.231 e. The lowest BCUT2D eigenvalue weighted by molar-refractivity contribution is -0.117. The topological polar surface area (TPSA) is 29.1 Å². The van der Waals surface area contributed by atoms with E-state index >= 15 is 0 Å². The molecule has 2 nitrogen and oxygen atoms in total. The molecule has 0 aliphatic rings. The zero-order valence-corrected chi connectivity index (χ0v) is 9.68. The molecule has 0 aliphatic carbocycles. The minimum Gasteiger partial charge on any atom is -0.326 e. The third-order valence-corrected chi connectivity index (χ3v) is 2.58. The maximum atomic E-state index is 12.1. The summed E-state index contributed by atoms with van der Waals surface area (Å²) < 4.78 is 8.21. The van der Waals surface area contributed by atoms with Gasteiger partial charge < -0.3 is 5.32 Å². The van der Waals surface area contributed by atoms with Crippen LogP contribution in [0.3, 0.4) is 0 Å². The summed E-state index contributed by atoms with van der Waals surface area (Å²) in [6.45, 7) is 1.60. The van der Waals surface area contributed by atoms with Gasteiger partial charge in [-0.2, -0.15) is 0 Å². The van der Waals surface area contributed by atoms with Crippen molar-refractivity contribution < 1.29 is 6.17 Å². The Hall–Kier alpha value is -2.09. The van der Waals surface area contributed by atoms with Gasteiger partial charge in [-0.25, -0.2) is 0 Å². The van der Waals surface area contributed by atoms with E-state index in [1.807, 2.05) is 36.4 Å². The number of carbonyl (C=O) groups is 1. The Morgan fingerprint density at radius 1 is 1.06 bits per heavy atom. The van der Waals surface area contributed by atoms with E-state index in [4.69, 9.17) is 1.37 Å². The number of benzene rings is 2. The summed E-state index contributed by atoms with van der Waals surface area (Å²) >= 11 is 0. The fourth-order valence-corrected chi connectivity index (χ4v) is 1.57. The van der Waals surface area contributed by atoms with Crippen molar-refractivity contribution in [3.05, 3.63) is 66.2 Å². The molecule has 1 amide bonds. The Bertz CT molecular complexity index is 523. The lowest BCUT2D eigenvalue weighted by atomic mass is 10.0. The first kappa shape index (κ1) is 10.1. The van der Waals surface area contributed by atoms with Crippen LogP contribution < -0.4 is 5.32 Å². The van der Waals surface area contributed by atoms with Crippen LogP contribution in [0.25, 0.3) is 0 Å². The fraction of sp³-hybridized carbons (Fsp3) is 0.133. The summed E-state index contributed by atoms with van der Waals surface area (Å²) in [6.07, 6.45) is 0. The molecule has 0 saturated carbocycles. The molecule has 86 valence electrons. The number of amides is 1. The number of nitrogens with one attached hydrogen (secondary N) is 1. The smallest absolute Gasteiger partial charge is 0.231 e. The summed E-state index contributed by atoms with van der Waals surface area (Å²) in [5.74, 6) is -1.63. The predicted octanol–water partition coefficient (Wildman–Crippen LogP) is 3.43. The molecule has 0 spiro atoms. The zero-order chi connectivity index (χ0) is 13.0. The van der Waals surface area contributed by atoms with E-state index in [9.17, 15) is 4.79 Å². The van der Waals surface area contributed by atoms with Crippen LogP contribution in [0.5, 0.6) is 0 Å². The highest BCUT2D eigenvalue weighted by atomic mass is 16.1. The maximum absolute atomic E-state index is 12.1. The molecule has 1 atom stereocenters. The first-order valence-electron chi connectivity index (χ1n) is 6.03. The summed E-state index contributed by atoms with van der Waals surface area (Å²) in [5, 5.41) is 2.75. The highest BCUT2D eigenvalue weighted by molar-refractivity contribution is 5.95. The summed E-state index contributed by atoms with van der Waals surface area (Å²) in [4.78, 5) is 12.1. The quantitative estimate of drug-likeness (QED) is 0.853. The standard InChI is InChI=1S/C15H15NO/c1-12(13-8-4-2-5-9-13)15(17)16-14-10-6-3-7-11-14/h2-12H,1H3,(H,16,17)/i12D. The van der Waals surface area contributed by atoms with Crippen LogP contribution in [0.15, 0.2) is 60.7 Å². The fourth-order valence-electron chi connectivity index (χ4n) is 1.57. The molecule has 1 unspecified atom stereocenters. The van der Waals surface area contributed by atoms with Gasteiger partial charge in [0.2, 0.25) is 5.91 Å². The molecule has 0 radical (unpaired) electrons. The normalized spacial score (nSPS) is 14.5. The second-order valence-corrected chi connectivity index (χ2v) is 3.81. The Morgan fingerprint density at radius 3 is 2.18 bits per heavy atom. The summed E-state index contributed by atoms with van der Waals surface area (Å²) in [6, 6.07) is 18.3. The van der Waals surface area contributed by atoms with Gasteiger partial charge in [0.25, 0.3) is 0 Å². The molecule has 0 bridgehead atoms. The van der Waals surface area contributed by atoms with Crippen LogP contribution in [0.2, 0.25) is 0 Å². The molecular formula is C15H15NO. The molecule has 2 aromatic carbocycles. The molecule has 0 fully saturated rings. The number of rotatable bonds is 3. The highest BCUT2D eigenvalue weighted by Gasteiger charge is 2.14. The van der Waals surface area contributed by atoms with Crippen molar-refractivity contribution in [1.82, 2.24) is 0 Å². The van der Waals surface area contributed by atoms with Crippen LogP contribution in [0, 0.1) is 0 Å². The Labute approximate surface area is 103 Å². The number of anilines is 1. The van der Waals surface area contributed by atoms with E-state index in [0.29, 0.717) is 11.3 Å². The van der Waals surface area contributed by atoms with Gasteiger partial charge in [-0.3, -0.25) is 4.79 Å². The number of carbonyl (C=O) groups excluding carboxylic acids is 1. The molecule has 2 aromatic rings. The van der Waals surface area contributed by atoms with Crippen molar-refractivity contribution in [2.75, 3.05) is 5.32 Å². The third kappa shape index (κ3) is 2.94. The Kier molecular flexibility index (Phi) is 3.15. The number of hydrogen-bond donors (Lipinski definition) is 1. The number of hydrogen-bond acceptors (Lipinski definition) is 1. The van der Waals surface area contributed by atoms with Crippen molar-refractivity contribution in [1.29, 1.82) is 0 Å². The van der Waals surface area contributed by atoms with Gasteiger partial charge >= 0.3 is 0 Å². The molecule has 2 rings (SSSR count). The predicted molar refractivity (Wildman–Crippen MR) is 69.9 cm³/mol. The van der Waals surface area contributed by atoms with Gasteiger partial charge in [-0.05, 0) is 24.6 Å². The van der Waals surface area contributed by atoms with Crippen molar-refractivity contribution in [2.45, 2.75) is 12.8 Å². The van der Waals surface area contributed by atoms with Crippen LogP contribution >= 0.6 is 0 Å². The van der Waals surface area contributed by atoms with Crippen molar-refractivity contribution in [2.24, 2.45) is 0 Å². The van der Waals surface area contributed by atoms with Crippen molar-refractivity contribution in [3.63, 3.8) is 0 Å². The highest BCUT2D eigenvalue weighted by Crippen LogP contribution is 2.17. The second-order valence-electron chi connectivity index (χ2n) is 3.81. The monoisotopic (exact) mass is 226 g/mol. The second kappa shape index (κ2) is 5.30. The van der Waals surface area contributed by atoms with Crippen molar-refractivity contribution >= 4 is 11.6 Å². The van der Waals surface area contributed by atoms with Crippen molar-refractivity contribution in [3.8, 4) is 0 Å². The minimum atomic E-state index is -1.29. The summed E-state index contributed by atoms with van der Waals surface area (Å²) in [5.41, 5.74) is 1.38. The van der Waals surface area contributed by atoms with Gasteiger partial charge in [0, 0.05) is 7.06 Å². The van der Waals surface area contributed by atoms with E-state index in [2.05, 4.69) is 5.32 Å². The third-order valence-electron chi connectivity index (χ3n) is 2.58. The van der Waals surface area contributed by atoms with Gasteiger partial charge in [0.1, 0.15) is 0 Å². The van der Waals surface area contributed by atoms with Gasteiger partial charge in [-0.1, -0.05) is 48.5 Å². The van der Waals surface area contributed by atoms with E-state index in [1.165, 1.54) is 0 Å². The molecular weight excluding hydrogens is 210 g/mol. The van der Waals surface area contributed by atoms with Crippen LogP contribution in [0.4, 0.5) is 5.69 Å². The van der Waals surface area contributed by atoms with E-state index in [-0.39, 0.29) is 5.91 Å². The molecule has 1 N–H and O–H groups in total.